The number of hydrogen-bond acceptors (Lipinski definition) is 5. The fraction of sp³-hybridized carbons (Fsp3) is 0.150. The summed E-state index contributed by atoms with van der Waals surface area (Å²) < 4.78 is 10.4. The average Bonchev–Trinajstić information content (AvgIpc) is 2.95. The molecule has 0 atom stereocenters. The van der Waals surface area contributed by atoms with Crippen molar-refractivity contribution in [3.63, 3.8) is 0 Å². The monoisotopic (exact) mass is 400 g/mol. The van der Waals surface area contributed by atoms with E-state index >= 15 is 0 Å². The number of para-hydroxylation sites is 1. The van der Waals surface area contributed by atoms with Gasteiger partial charge < -0.3 is 14.6 Å². The molecule has 1 heterocycles. The molecule has 2 aromatic rings. The molecule has 0 saturated carbocycles. The number of carbonyl (C=O) groups is 2. The molecule has 0 bridgehead atoms. The van der Waals surface area contributed by atoms with Gasteiger partial charge in [0.1, 0.15) is 0 Å². The lowest BCUT2D eigenvalue weighted by Crippen LogP contribution is -2.21. The van der Waals surface area contributed by atoms with E-state index in [9.17, 15) is 9.59 Å². The number of halogens is 1. The van der Waals surface area contributed by atoms with Crippen molar-refractivity contribution in [2.75, 3.05) is 18.7 Å². The number of nitrogens with zero attached hydrogens (tertiary/aromatic N) is 2. The third-order valence-electron chi connectivity index (χ3n) is 3.99. The molecular formula is C20H17ClN2O5. The molecule has 0 aromatic heterocycles. The van der Waals surface area contributed by atoms with E-state index in [0.717, 1.165) is 0 Å². The zero-order chi connectivity index (χ0) is 20.3. The molecule has 144 valence electrons. The van der Waals surface area contributed by atoms with Crippen molar-refractivity contribution in [2.45, 2.75) is 6.92 Å². The maximum Gasteiger partial charge on any atom is 0.341 e. The maximum absolute atomic E-state index is 12.8. The topological polar surface area (TPSA) is 88.4 Å². The predicted molar refractivity (Wildman–Crippen MR) is 106 cm³/mol. The largest absolute Gasteiger partial charge is 0.493 e. The van der Waals surface area contributed by atoms with Gasteiger partial charge in [0.15, 0.2) is 18.1 Å². The number of carboxylic acid groups (broad SMARTS) is 1. The first-order chi connectivity index (χ1) is 13.4. The molecule has 1 N–H and O–H groups in total. The van der Waals surface area contributed by atoms with E-state index < -0.39 is 12.6 Å². The number of anilines is 1. The Bertz CT molecular complexity index is 1000. The van der Waals surface area contributed by atoms with Crippen LogP contribution in [0.5, 0.6) is 11.5 Å². The van der Waals surface area contributed by atoms with Crippen LogP contribution in [0.2, 0.25) is 5.02 Å². The van der Waals surface area contributed by atoms with Crippen LogP contribution in [0.3, 0.4) is 0 Å². The summed E-state index contributed by atoms with van der Waals surface area (Å²) in [6.07, 6.45) is 1.68. The number of benzene rings is 2. The lowest BCUT2D eigenvalue weighted by atomic mass is 10.1. The molecule has 7 nitrogen and oxygen atoms in total. The molecule has 1 amide bonds. The van der Waals surface area contributed by atoms with Crippen molar-refractivity contribution >= 4 is 41.0 Å². The normalized spacial score (nSPS) is 15.0. The number of ether oxygens (including phenoxy) is 2. The van der Waals surface area contributed by atoms with Crippen LogP contribution in [0.15, 0.2) is 53.1 Å². The minimum Gasteiger partial charge on any atom is -0.493 e. The number of carbonyl (C=O) groups excluding carboxylic acids is 1. The maximum atomic E-state index is 12.8. The van der Waals surface area contributed by atoms with Gasteiger partial charge in [0.25, 0.3) is 5.91 Å². The fourth-order valence-corrected chi connectivity index (χ4v) is 2.89. The Morgan fingerprint density at radius 1 is 1.25 bits per heavy atom. The zero-order valence-electron chi connectivity index (χ0n) is 15.2. The summed E-state index contributed by atoms with van der Waals surface area (Å²) in [4.78, 5) is 23.5. The molecule has 0 aliphatic carbocycles. The molecule has 28 heavy (non-hydrogen) atoms. The molecule has 1 aliphatic rings. The second kappa shape index (κ2) is 8.14. The van der Waals surface area contributed by atoms with E-state index in [1.165, 1.54) is 12.1 Å². The summed E-state index contributed by atoms with van der Waals surface area (Å²) in [5.41, 5.74) is 2.15. The van der Waals surface area contributed by atoms with Crippen molar-refractivity contribution in [3.05, 3.63) is 58.6 Å². The van der Waals surface area contributed by atoms with Crippen LogP contribution in [0.1, 0.15) is 12.5 Å². The van der Waals surface area contributed by atoms with Gasteiger partial charge in [-0.2, -0.15) is 10.1 Å². The molecule has 0 fully saturated rings. The van der Waals surface area contributed by atoms with E-state index in [-0.39, 0.29) is 5.91 Å². The van der Waals surface area contributed by atoms with Crippen molar-refractivity contribution in [1.29, 1.82) is 0 Å². The summed E-state index contributed by atoms with van der Waals surface area (Å²) in [5, 5.41) is 14.7. The third-order valence-corrected chi connectivity index (χ3v) is 4.31. The van der Waals surface area contributed by atoms with Gasteiger partial charge in [-0.15, -0.1) is 0 Å². The van der Waals surface area contributed by atoms with Gasteiger partial charge in [-0.3, -0.25) is 4.79 Å². The Morgan fingerprint density at radius 2 is 2.00 bits per heavy atom. The molecule has 0 radical (unpaired) electrons. The molecular weight excluding hydrogens is 384 g/mol. The quantitative estimate of drug-likeness (QED) is 0.748. The van der Waals surface area contributed by atoms with Gasteiger partial charge in [0, 0.05) is 0 Å². The molecule has 0 saturated heterocycles. The van der Waals surface area contributed by atoms with E-state index in [0.29, 0.717) is 39.1 Å². The zero-order valence-corrected chi connectivity index (χ0v) is 15.9. The van der Waals surface area contributed by atoms with Crippen molar-refractivity contribution in [1.82, 2.24) is 0 Å². The van der Waals surface area contributed by atoms with Crippen LogP contribution in [0.25, 0.3) is 6.08 Å². The predicted octanol–water partition coefficient (Wildman–Crippen LogP) is 3.62. The summed E-state index contributed by atoms with van der Waals surface area (Å²) in [6, 6.07) is 11.9. The van der Waals surface area contributed by atoms with E-state index in [1.54, 1.807) is 55.5 Å². The Morgan fingerprint density at radius 3 is 2.68 bits per heavy atom. The van der Waals surface area contributed by atoms with E-state index in [1.807, 2.05) is 0 Å². The SMILES string of the molecule is COc1cc(/C=C2/C(=O)N(c3ccccc3Cl)N=C2C)ccc1OCC(=O)O. The first kappa shape index (κ1) is 19.4. The van der Waals surface area contributed by atoms with Gasteiger partial charge in [-0.25, -0.2) is 4.79 Å². The molecule has 0 spiro atoms. The smallest absolute Gasteiger partial charge is 0.341 e. The van der Waals surface area contributed by atoms with Gasteiger partial charge >= 0.3 is 5.97 Å². The number of aliphatic carboxylic acids is 1. The van der Waals surface area contributed by atoms with Gasteiger partial charge in [-0.05, 0) is 42.8 Å². The van der Waals surface area contributed by atoms with Crippen molar-refractivity contribution < 1.29 is 24.2 Å². The van der Waals surface area contributed by atoms with Crippen LogP contribution >= 0.6 is 11.6 Å². The summed E-state index contributed by atoms with van der Waals surface area (Å²) in [7, 11) is 1.45. The van der Waals surface area contributed by atoms with Gasteiger partial charge in [0.05, 0.1) is 29.1 Å². The highest BCUT2D eigenvalue weighted by Crippen LogP contribution is 2.32. The highest BCUT2D eigenvalue weighted by molar-refractivity contribution is 6.37. The minimum absolute atomic E-state index is 0.296. The summed E-state index contributed by atoms with van der Waals surface area (Å²) >= 11 is 6.18. The number of rotatable bonds is 6. The number of hydrogen-bond donors (Lipinski definition) is 1. The average molecular weight is 401 g/mol. The fourth-order valence-electron chi connectivity index (χ4n) is 2.67. The molecule has 0 unspecified atom stereocenters. The lowest BCUT2D eigenvalue weighted by Gasteiger charge is -2.13. The number of amides is 1. The lowest BCUT2D eigenvalue weighted by molar-refractivity contribution is -0.139. The van der Waals surface area contributed by atoms with Gasteiger partial charge in [0.2, 0.25) is 0 Å². The second-order valence-corrected chi connectivity index (χ2v) is 6.31. The Kier molecular flexibility index (Phi) is 5.65. The van der Waals surface area contributed by atoms with Crippen LogP contribution < -0.4 is 14.5 Å². The van der Waals surface area contributed by atoms with Crippen LogP contribution in [-0.2, 0) is 9.59 Å². The summed E-state index contributed by atoms with van der Waals surface area (Å²) in [6.45, 7) is 1.26. The van der Waals surface area contributed by atoms with Crippen LogP contribution in [0.4, 0.5) is 5.69 Å². The molecule has 2 aromatic carbocycles. The summed E-state index contributed by atoms with van der Waals surface area (Å²) in [5.74, 6) is -0.724. The minimum atomic E-state index is -1.09. The second-order valence-electron chi connectivity index (χ2n) is 5.90. The first-order valence-corrected chi connectivity index (χ1v) is 8.67. The standard InChI is InChI=1S/C20H17ClN2O5/c1-12-14(20(26)23(22-12)16-6-4-3-5-15(16)21)9-13-7-8-17(18(10-13)27-2)28-11-19(24)25/h3-10H,11H2,1-2H3,(H,24,25)/b14-9+. The molecule has 3 rings (SSSR count). The van der Waals surface area contributed by atoms with Crippen LogP contribution in [0, 0.1) is 0 Å². The third kappa shape index (κ3) is 3.99. The highest BCUT2D eigenvalue weighted by Gasteiger charge is 2.29. The van der Waals surface area contributed by atoms with Crippen molar-refractivity contribution in [2.24, 2.45) is 5.10 Å². The Balaban J connectivity index is 1.89. The number of methoxy groups -OCH3 is 1. The van der Waals surface area contributed by atoms with Gasteiger partial charge in [-0.1, -0.05) is 29.8 Å². The Labute approximate surface area is 166 Å². The molecule has 8 heteroatoms. The molecule has 1 aliphatic heterocycles. The first-order valence-electron chi connectivity index (χ1n) is 8.29. The highest BCUT2D eigenvalue weighted by atomic mass is 35.5. The van der Waals surface area contributed by atoms with Crippen LogP contribution in [-0.4, -0.2) is 36.4 Å². The van der Waals surface area contributed by atoms with E-state index in [4.69, 9.17) is 26.2 Å². The number of carboxylic acids is 1. The van der Waals surface area contributed by atoms with Crippen molar-refractivity contribution in [3.8, 4) is 11.5 Å². The van der Waals surface area contributed by atoms with E-state index in [2.05, 4.69) is 5.10 Å². The Hall–Kier alpha value is -3.32. The number of hydrazone groups is 1.